The Bertz CT molecular complexity index is 426. The van der Waals surface area contributed by atoms with Gasteiger partial charge >= 0.3 is 107 Å². The van der Waals surface area contributed by atoms with Crippen molar-refractivity contribution in [3.05, 3.63) is 63.7 Å². The van der Waals surface area contributed by atoms with Crippen LogP contribution in [0.15, 0.2) is 54.6 Å². The van der Waals surface area contributed by atoms with Crippen LogP contribution in [0.3, 0.4) is 0 Å². The van der Waals surface area contributed by atoms with Crippen molar-refractivity contribution in [2.75, 3.05) is 7.11 Å². The molecule has 0 spiro atoms. The summed E-state index contributed by atoms with van der Waals surface area (Å²) in [5, 5.41) is 0. The normalized spacial score (nSPS) is 9.71. The van der Waals surface area contributed by atoms with Gasteiger partial charge in [0.2, 0.25) is 0 Å². The molecule has 3 heteroatoms. The maximum Gasteiger partial charge on any atom is -0.107 e. The summed E-state index contributed by atoms with van der Waals surface area (Å²) in [5.41, 5.74) is 1.40. The predicted molar refractivity (Wildman–Crippen MR) is 77.3 cm³/mol. The van der Waals surface area contributed by atoms with E-state index in [0.29, 0.717) is 0 Å². The number of hydrogen-bond acceptors (Lipinski definition) is 1. The first-order chi connectivity index (χ1) is 7.88. The van der Waals surface area contributed by atoms with Crippen molar-refractivity contribution in [3.8, 4) is 5.75 Å². The van der Waals surface area contributed by atoms with Crippen LogP contribution < -0.4 is 25.9 Å². The minimum atomic E-state index is 0. The first kappa shape index (κ1) is 14.8. The SMILES string of the molecule is COc1ccc(C[I-]c2ccccc2)cc1.I. The zero-order chi connectivity index (χ0) is 11.2. The van der Waals surface area contributed by atoms with E-state index >= 15 is 0 Å². The number of methoxy groups -OCH3 is 1. The Morgan fingerprint density at radius 2 is 1.59 bits per heavy atom. The molecule has 0 aliphatic rings. The van der Waals surface area contributed by atoms with E-state index in [1.54, 1.807) is 7.11 Å². The number of halogens is 2. The summed E-state index contributed by atoms with van der Waals surface area (Å²) >= 11 is 0.0929. The molecular weight excluding hydrogens is 438 g/mol. The second-order valence-electron chi connectivity index (χ2n) is 3.41. The van der Waals surface area contributed by atoms with Gasteiger partial charge in [0, 0.05) is 0 Å². The molecule has 2 rings (SSSR count). The van der Waals surface area contributed by atoms with Crippen LogP contribution in [0.2, 0.25) is 0 Å². The van der Waals surface area contributed by atoms with Crippen molar-refractivity contribution in [2.24, 2.45) is 0 Å². The van der Waals surface area contributed by atoms with Crippen LogP contribution in [0.4, 0.5) is 0 Å². The largest absolute Gasteiger partial charge is 0.107 e. The van der Waals surface area contributed by atoms with Gasteiger partial charge in [-0.1, -0.05) is 0 Å². The van der Waals surface area contributed by atoms with Gasteiger partial charge in [-0.05, 0) is 0 Å². The van der Waals surface area contributed by atoms with Gasteiger partial charge in [0.25, 0.3) is 0 Å². The number of ether oxygens (including phenoxy) is 1. The van der Waals surface area contributed by atoms with E-state index in [2.05, 4.69) is 42.5 Å². The zero-order valence-corrected chi connectivity index (χ0v) is 14.1. The molecule has 0 atom stereocenters. The molecule has 0 aliphatic heterocycles. The molecule has 0 amide bonds. The number of hydrogen-bond donors (Lipinski definition) is 0. The summed E-state index contributed by atoms with van der Waals surface area (Å²) in [5.74, 6) is 0.932. The number of rotatable bonds is 4. The van der Waals surface area contributed by atoms with Gasteiger partial charge in [0.05, 0.1) is 0 Å². The summed E-state index contributed by atoms with van der Waals surface area (Å²) in [6, 6.07) is 19.1. The Labute approximate surface area is 130 Å². The molecule has 0 aromatic heterocycles. The monoisotopic (exact) mass is 453 g/mol. The average molecular weight is 453 g/mol. The van der Waals surface area contributed by atoms with Crippen molar-refractivity contribution >= 4 is 24.0 Å². The molecule has 2 aromatic carbocycles. The Morgan fingerprint density at radius 3 is 2.18 bits per heavy atom. The van der Waals surface area contributed by atoms with Crippen LogP contribution in [-0.2, 0) is 4.43 Å². The fourth-order valence-electron chi connectivity index (χ4n) is 1.37. The van der Waals surface area contributed by atoms with Gasteiger partial charge in [-0.15, -0.1) is 24.0 Å². The first-order valence-corrected chi connectivity index (χ1v) is 7.76. The number of alkyl halides is 1. The molecule has 0 fully saturated rings. The Balaban J connectivity index is 0.00000144. The van der Waals surface area contributed by atoms with Gasteiger partial charge in [-0.3, -0.25) is 0 Å². The van der Waals surface area contributed by atoms with Crippen LogP contribution in [0, 0.1) is 3.57 Å². The summed E-state index contributed by atoms with van der Waals surface area (Å²) in [4.78, 5) is 0. The predicted octanol–water partition coefficient (Wildman–Crippen LogP) is 0.772. The quantitative estimate of drug-likeness (QED) is 0.492. The molecule has 0 saturated heterocycles. The van der Waals surface area contributed by atoms with E-state index in [4.69, 9.17) is 4.74 Å². The molecule has 0 radical (unpaired) electrons. The summed E-state index contributed by atoms with van der Waals surface area (Å²) in [7, 11) is 1.70. The molecule has 0 bridgehead atoms. The van der Waals surface area contributed by atoms with Crippen LogP contribution >= 0.6 is 24.0 Å². The van der Waals surface area contributed by atoms with Crippen LogP contribution in [0.5, 0.6) is 5.75 Å². The van der Waals surface area contributed by atoms with Gasteiger partial charge in [-0.25, -0.2) is 0 Å². The van der Waals surface area contributed by atoms with Crippen molar-refractivity contribution in [2.45, 2.75) is 4.43 Å². The van der Waals surface area contributed by atoms with E-state index < -0.39 is 0 Å². The summed E-state index contributed by atoms with van der Waals surface area (Å²) in [6.07, 6.45) is 0. The van der Waals surface area contributed by atoms with Crippen molar-refractivity contribution in [1.29, 1.82) is 0 Å². The minimum Gasteiger partial charge on any atom is -0.107 e. The topological polar surface area (TPSA) is 9.23 Å². The Morgan fingerprint density at radius 1 is 0.941 bits per heavy atom. The Kier molecular flexibility index (Phi) is 6.87. The van der Waals surface area contributed by atoms with E-state index in [9.17, 15) is 0 Å². The molecule has 2 aromatic rings. The number of benzene rings is 2. The van der Waals surface area contributed by atoms with E-state index in [0.717, 1.165) is 5.75 Å². The molecular formula is C14H15I2O-. The van der Waals surface area contributed by atoms with Gasteiger partial charge in [0.1, 0.15) is 0 Å². The van der Waals surface area contributed by atoms with Crippen molar-refractivity contribution in [1.82, 2.24) is 0 Å². The third kappa shape index (κ3) is 4.83. The minimum absolute atomic E-state index is 0. The average Bonchev–Trinajstić information content (AvgIpc) is 2.38. The van der Waals surface area contributed by atoms with Crippen LogP contribution in [0.1, 0.15) is 5.56 Å². The molecule has 1 nitrogen and oxygen atoms in total. The van der Waals surface area contributed by atoms with E-state index in [-0.39, 0.29) is 45.2 Å². The first-order valence-electron chi connectivity index (χ1n) is 5.15. The second-order valence-corrected chi connectivity index (χ2v) is 6.18. The fraction of sp³-hybridized carbons (Fsp3) is 0.143. The second kappa shape index (κ2) is 7.92. The molecule has 0 heterocycles. The maximum absolute atomic E-state index is 5.14. The molecule has 92 valence electrons. The molecule has 17 heavy (non-hydrogen) atoms. The van der Waals surface area contributed by atoms with Crippen molar-refractivity contribution in [3.63, 3.8) is 0 Å². The smallest absolute Gasteiger partial charge is 0.107 e. The molecule has 0 N–H and O–H groups in total. The van der Waals surface area contributed by atoms with E-state index in [1.807, 2.05) is 12.1 Å². The summed E-state index contributed by atoms with van der Waals surface area (Å²) < 4.78 is 7.83. The fourth-order valence-corrected chi connectivity index (χ4v) is 3.69. The van der Waals surface area contributed by atoms with Gasteiger partial charge in [-0.2, -0.15) is 0 Å². The third-order valence-corrected chi connectivity index (χ3v) is 5.13. The third-order valence-electron chi connectivity index (χ3n) is 2.27. The maximum atomic E-state index is 5.14. The Hall–Kier alpha value is -0.300. The standard InChI is InChI=1S/C14H14IO.HI/c1-16-14-9-7-12(8-10-14)11-15-13-5-3-2-4-6-13;/h2-10H,11H2,1H3;1H/q-1;. The van der Waals surface area contributed by atoms with Crippen LogP contribution in [-0.4, -0.2) is 7.11 Å². The van der Waals surface area contributed by atoms with Gasteiger partial charge in [0.15, 0.2) is 0 Å². The van der Waals surface area contributed by atoms with Crippen molar-refractivity contribution < 1.29 is 25.9 Å². The molecule has 0 unspecified atom stereocenters. The van der Waals surface area contributed by atoms with Crippen LogP contribution in [0.25, 0.3) is 0 Å². The molecule has 0 aliphatic carbocycles. The zero-order valence-electron chi connectivity index (χ0n) is 9.60. The van der Waals surface area contributed by atoms with Gasteiger partial charge < -0.3 is 0 Å². The molecule has 0 saturated carbocycles. The summed E-state index contributed by atoms with van der Waals surface area (Å²) in [6.45, 7) is 0. The van der Waals surface area contributed by atoms with E-state index in [1.165, 1.54) is 13.6 Å².